The number of aromatic nitrogens is 2. The molecule has 0 atom stereocenters. The number of nitrogens with one attached hydrogen (secondary N) is 1. The molecule has 0 unspecified atom stereocenters. The number of fused-ring (bicyclic) bond motifs is 1. The third-order valence-corrected chi connectivity index (χ3v) is 4.29. The first-order chi connectivity index (χ1) is 11.9. The summed E-state index contributed by atoms with van der Waals surface area (Å²) >= 11 is 0. The standard InChI is InChI=1S/C19H20N4O/c1-2-15(13-21-6-1)14-24-19-18-12-17(23-10-8-20-9-11-23)4-3-16(18)5-7-22-19/h1-7,12-13,20H,8-11,14H2. The Morgan fingerprint density at radius 2 is 2.00 bits per heavy atom. The van der Waals surface area contributed by atoms with E-state index in [2.05, 4.69) is 38.4 Å². The van der Waals surface area contributed by atoms with E-state index in [1.807, 2.05) is 24.4 Å². The van der Waals surface area contributed by atoms with Crippen LogP contribution in [0.4, 0.5) is 5.69 Å². The van der Waals surface area contributed by atoms with E-state index >= 15 is 0 Å². The van der Waals surface area contributed by atoms with Gasteiger partial charge >= 0.3 is 0 Å². The van der Waals surface area contributed by atoms with Gasteiger partial charge < -0.3 is 15.0 Å². The molecule has 5 nitrogen and oxygen atoms in total. The Morgan fingerprint density at radius 1 is 1.08 bits per heavy atom. The van der Waals surface area contributed by atoms with Crippen LogP contribution in [0.2, 0.25) is 0 Å². The van der Waals surface area contributed by atoms with Crippen molar-refractivity contribution in [3.8, 4) is 5.88 Å². The number of piperazine rings is 1. The van der Waals surface area contributed by atoms with Crippen molar-refractivity contribution in [2.45, 2.75) is 6.61 Å². The second-order valence-electron chi connectivity index (χ2n) is 5.91. The summed E-state index contributed by atoms with van der Waals surface area (Å²) in [5.74, 6) is 0.674. The van der Waals surface area contributed by atoms with Gasteiger partial charge in [-0.2, -0.15) is 0 Å². The molecule has 2 aromatic heterocycles. The Hall–Kier alpha value is -2.66. The van der Waals surface area contributed by atoms with Gasteiger partial charge in [0, 0.05) is 61.4 Å². The van der Waals surface area contributed by atoms with Crippen LogP contribution in [0.3, 0.4) is 0 Å². The molecule has 5 heteroatoms. The Bertz CT molecular complexity index is 816. The summed E-state index contributed by atoms with van der Waals surface area (Å²) in [6.45, 7) is 4.57. The van der Waals surface area contributed by atoms with E-state index in [1.165, 1.54) is 5.69 Å². The molecule has 1 fully saturated rings. The topological polar surface area (TPSA) is 50.3 Å². The highest BCUT2D eigenvalue weighted by Gasteiger charge is 2.12. The first-order valence-electron chi connectivity index (χ1n) is 8.26. The molecule has 0 amide bonds. The lowest BCUT2D eigenvalue weighted by molar-refractivity contribution is 0.297. The van der Waals surface area contributed by atoms with E-state index in [9.17, 15) is 0 Å². The van der Waals surface area contributed by atoms with Gasteiger partial charge in [0.15, 0.2) is 0 Å². The van der Waals surface area contributed by atoms with E-state index in [1.54, 1.807) is 12.4 Å². The molecule has 24 heavy (non-hydrogen) atoms. The first kappa shape index (κ1) is 14.9. The number of nitrogens with zero attached hydrogens (tertiary/aromatic N) is 3. The van der Waals surface area contributed by atoms with E-state index in [0.717, 1.165) is 42.5 Å². The Kier molecular flexibility index (Phi) is 4.25. The molecule has 3 aromatic rings. The molecule has 1 aliphatic rings. The monoisotopic (exact) mass is 320 g/mol. The molecule has 0 spiro atoms. The van der Waals surface area contributed by atoms with Gasteiger partial charge in [-0.3, -0.25) is 4.98 Å². The van der Waals surface area contributed by atoms with Crippen LogP contribution in [-0.2, 0) is 6.61 Å². The summed E-state index contributed by atoms with van der Waals surface area (Å²) in [6.07, 6.45) is 5.38. The molecule has 3 heterocycles. The SMILES string of the molecule is c1cncc(COc2nccc3ccc(N4CCNCC4)cc23)c1. The van der Waals surface area contributed by atoms with Crippen LogP contribution in [0.15, 0.2) is 55.0 Å². The van der Waals surface area contributed by atoms with Gasteiger partial charge in [-0.25, -0.2) is 4.98 Å². The molecule has 0 aliphatic carbocycles. The van der Waals surface area contributed by atoms with Crippen LogP contribution >= 0.6 is 0 Å². The smallest absolute Gasteiger partial charge is 0.221 e. The summed E-state index contributed by atoms with van der Waals surface area (Å²) in [5, 5.41) is 5.58. The van der Waals surface area contributed by atoms with Crippen molar-refractivity contribution in [3.05, 3.63) is 60.6 Å². The van der Waals surface area contributed by atoms with Gasteiger partial charge in [-0.15, -0.1) is 0 Å². The van der Waals surface area contributed by atoms with Gasteiger partial charge in [0.05, 0.1) is 0 Å². The zero-order valence-corrected chi connectivity index (χ0v) is 13.5. The highest BCUT2D eigenvalue weighted by molar-refractivity contribution is 5.89. The number of benzene rings is 1. The summed E-state index contributed by atoms with van der Waals surface area (Å²) in [7, 11) is 0. The molecule has 0 saturated carbocycles. The van der Waals surface area contributed by atoms with Crippen molar-refractivity contribution in [2.75, 3.05) is 31.1 Å². The van der Waals surface area contributed by atoms with Crippen LogP contribution in [0.1, 0.15) is 5.56 Å². The Labute approximate surface area is 141 Å². The van der Waals surface area contributed by atoms with Crippen molar-refractivity contribution in [1.82, 2.24) is 15.3 Å². The van der Waals surface area contributed by atoms with Crippen LogP contribution in [-0.4, -0.2) is 36.1 Å². The average molecular weight is 320 g/mol. The van der Waals surface area contributed by atoms with Crippen molar-refractivity contribution in [2.24, 2.45) is 0 Å². The maximum atomic E-state index is 5.97. The predicted molar refractivity (Wildman–Crippen MR) is 95.4 cm³/mol. The van der Waals surface area contributed by atoms with Gasteiger partial charge in [0.2, 0.25) is 5.88 Å². The number of pyridine rings is 2. The second kappa shape index (κ2) is 6.84. The predicted octanol–water partition coefficient (Wildman–Crippen LogP) is 2.62. The van der Waals surface area contributed by atoms with Crippen molar-refractivity contribution in [3.63, 3.8) is 0 Å². The highest BCUT2D eigenvalue weighted by atomic mass is 16.5. The minimum atomic E-state index is 0.470. The maximum Gasteiger partial charge on any atom is 0.221 e. The van der Waals surface area contributed by atoms with Gasteiger partial charge in [-0.1, -0.05) is 12.1 Å². The largest absolute Gasteiger partial charge is 0.472 e. The zero-order valence-electron chi connectivity index (χ0n) is 13.5. The van der Waals surface area contributed by atoms with E-state index in [-0.39, 0.29) is 0 Å². The van der Waals surface area contributed by atoms with Crippen LogP contribution in [0, 0.1) is 0 Å². The Morgan fingerprint density at radius 3 is 2.83 bits per heavy atom. The second-order valence-corrected chi connectivity index (χ2v) is 5.91. The average Bonchev–Trinajstić information content (AvgIpc) is 2.67. The van der Waals surface area contributed by atoms with E-state index in [4.69, 9.17) is 4.74 Å². The van der Waals surface area contributed by atoms with Crippen LogP contribution in [0.5, 0.6) is 5.88 Å². The molecule has 1 N–H and O–H groups in total. The van der Waals surface area contributed by atoms with Crippen molar-refractivity contribution < 1.29 is 4.74 Å². The molecule has 1 saturated heterocycles. The third-order valence-electron chi connectivity index (χ3n) is 4.29. The number of hydrogen-bond acceptors (Lipinski definition) is 5. The fraction of sp³-hybridized carbons (Fsp3) is 0.263. The normalized spacial score (nSPS) is 14.8. The summed E-state index contributed by atoms with van der Waals surface area (Å²) in [6, 6.07) is 12.5. The first-order valence-corrected chi connectivity index (χ1v) is 8.26. The summed E-state index contributed by atoms with van der Waals surface area (Å²) < 4.78 is 5.97. The molecular formula is C19H20N4O. The number of ether oxygens (including phenoxy) is 1. The van der Waals surface area contributed by atoms with Crippen molar-refractivity contribution in [1.29, 1.82) is 0 Å². The summed E-state index contributed by atoms with van der Waals surface area (Å²) in [4.78, 5) is 11.0. The lowest BCUT2D eigenvalue weighted by atomic mass is 10.1. The van der Waals surface area contributed by atoms with Crippen LogP contribution < -0.4 is 15.0 Å². The van der Waals surface area contributed by atoms with E-state index in [0.29, 0.717) is 12.5 Å². The lowest BCUT2D eigenvalue weighted by Gasteiger charge is -2.29. The molecule has 122 valence electrons. The highest BCUT2D eigenvalue weighted by Crippen LogP contribution is 2.28. The van der Waals surface area contributed by atoms with Crippen LogP contribution in [0.25, 0.3) is 10.8 Å². The molecule has 1 aromatic carbocycles. The fourth-order valence-corrected chi connectivity index (χ4v) is 3.00. The summed E-state index contributed by atoms with van der Waals surface area (Å²) in [5.41, 5.74) is 2.26. The Balaban J connectivity index is 1.62. The zero-order chi connectivity index (χ0) is 16.2. The molecule has 4 rings (SSSR count). The molecule has 1 aliphatic heterocycles. The van der Waals surface area contributed by atoms with Gasteiger partial charge in [-0.05, 0) is 29.7 Å². The third kappa shape index (κ3) is 3.16. The minimum Gasteiger partial charge on any atom is -0.472 e. The number of rotatable bonds is 4. The number of anilines is 1. The number of hydrogen-bond donors (Lipinski definition) is 1. The molecular weight excluding hydrogens is 300 g/mol. The molecule has 0 radical (unpaired) electrons. The van der Waals surface area contributed by atoms with Gasteiger partial charge in [0.1, 0.15) is 6.61 Å². The van der Waals surface area contributed by atoms with E-state index < -0.39 is 0 Å². The molecule has 0 bridgehead atoms. The quantitative estimate of drug-likeness (QED) is 0.801. The van der Waals surface area contributed by atoms with Gasteiger partial charge in [0.25, 0.3) is 0 Å². The fourth-order valence-electron chi connectivity index (χ4n) is 3.00. The maximum absolute atomic E-state index is 5.97. The minimum absolute atomic E-state index is 0.470. The van der Waals surface area contributed by atoms with Crippen molar-refractivity contribution >= 4 is 16.5 Å². The lowest BCUT2D eigenvalue weighted by Crippen LogP contribution is -2.43.